The molecule has 3 aliphatic rings. The summed E-state index contributed by atoms with van der Waals surface area (Å²) in [5.74, 6) is 1.52. The molecule has 30 heavy (non-hydrogen) atoms. The molecular formula is C22H29N3O4S. The van der Waals surface area contributed by atoms with Gasteiger partial charge in [0.2, 0.25) is 0 Å². The molecule has 0 saturated carbocycles. The Balaban J connectivity index is 1.53. The highest BCUT2D eigenvalue weighted by atomic mass is 32.2. The first-order chi connectivity index (χ1) is 14.5. The Kier molecular flexibility index (Phi) is 6.34. The summed E-state index contributed by atoms with van der Waals surface area (Å²) in [6.45, 7) is 1.75. The summed E-state index contributed by atoms with van der Waals surface area (Å²) in [5, 5.41) is 0. The van der Waals surface area contributed by atoms with Crippen LogP contribution in [0.25, 0.3) is 0 Å². The number of ether oxygens (including phenoxy) is 1. The van der Waals surface area contributed by atoms with Gasteiger partial charge in [-0.25, -0.2) is 4.79 Å². The molecular weight excluding hydrogens is 402 g/mol. The lowest BCUT2D eigenvalue weighted by atomic mass is 9.85. The van der Waals surface area contributed by atoms with E-state index in [1.165, 1.54) is 19.3 Å². The number of nitrogens with zero attached hydrogens (tertiary/aromatic N) is 3. The molecule has 3 fully saturated rings. The van der Waals surface area contributed by atoms with Gasteiger partial charge in [0.05, 0.1) is 7.11 Å². The molecule has 1 unspecified atom stereocenters. The Morgan fingerprint density at radius 1 is 1.20 bits per heavy atom. The van der Waals surface area contributed by atoms with E-state index >= 15 is 0 Å². The second kappa shape index (κ2) is 8.98. The number of piperidine rings is 1. The van der Waals surface area contributed by atoms with Crippen LogP contribution in [-0.2, 0) is 20.7 Å². The van der Waals surface area contributed by atoms with Crippen molar-refractivity contribution in [2.24, 2.45) is 0 Å². The number of hydrogen-bond acceptors (Lipinski definition) is 6. The summed E-state index contributed by atoms with van der Waals surface area (Å²) >= 11 is 1.98. The molecule has 8 heteroatoms. The van der Waals surface area contributed by atoms with Crippen LogP contribution in [-0.4, -0.2) is 89.0 Å². The highest BCUT2D eigenvalue weighted by Gasteiger charge is 2.58. The Bertz CT molecular complexity index is 789. The summed E-state index contributed by atoms with van der Waals surface area (Å²) in [4.78, 5) is 43.8. The molecule has 7 nitrogen and oxygen atoms in total. The van der Waals surface area contributed by atoms with Crippen molar-refractivity contribution in [2.75, 3.05) is 44.8 Å². The molecule has 3 saturated heterocycles. The SMILES string of the molecule is COC(=O)CN1C(=O)N(CCc2ccccc2)C2(CCN(C3CCSC3)CC2)C1=O. The third kappa shape index (κ3) is 3.95. The molecule has 3 amide bonds. The van der Waals surface area contributed by atoms with Gasteiger partial charge in [-0.15, -0.1) is 0 Å². The predicted molar refractivity (Wildman–Crippen MR) is 115 cm³/mol. The van der Waals surface area contributed by atoms with Crippen LogP contribution in [0.3, 0.4) is 0 Å². The van der Waals surface area contributed by atoms with Gasteiger partial charge < -0.3 is 9.64 Å². The van der Waals surface area contributed by atoms with Gasteiger partial charge in [0.1, 0.15) is 12.1 Å². The van der Waals surface area contributed by atoms with Crippen LogP contribution < -0.4 is 0 Å². The minimum absolute atomic E-state index is 0.244. The van der Waals surface area contributed by atoms with Crippen molar-refractivity contribution >= 4 is 29.7 Å². The van der Waals surface area contributed by atoms with Crippen molar-refractivity contribution in [3.05, 3.63) is 35.9 Å². The highest BCUT2D eigenvalue weighted by Crippen LogP contribution is 2.39. The van der Waals surface area contributed by atoms with Crippen LogP contribution >= 0.6 is 11.8 Å². The van der Waals surface area contributed by atoms with Gasteiger partial charge in [0.15, 0.2) is 0 Å². The van der Waals surface area contributed by atoms with Crippen molar-refractivity contribution in [3.8, 4) is 0 Å². The Morgan fingerprint density at radius 3 is 2.57 bits per heavy atom. The van der Waals surface area contributed by atoms with E-state index in [0.717, 1.165) is 29.3 Å². The number of urea groups is 1. The number of likely N-dealkylation sites (tertiary alicyclic amines) is 1. The van der Waals surface area contributed by atoms with Gasteiger partial charge in [-0.2, -0.15) is 11.8 Å². The molecule has 0 aliphatic carbocycles. The summed E-state index contributed by atoms with van der Waals surface area (Å²) in [6.07, 6.45) is 3.10. The van der Waals surface area contributed by atoms with Crippen LogP contribution in [0.15, 0.2) is 30.3 Å². The summed E-state index contributed by atoms with van der Waals surface area (Å²) in [6, 6.07) is 10.2. The third-order valence-corrected chi connectivity index (χ3v) is 7.80. The van der Waals surface area contributed by atoms with E-state index in [1.54, 1.807) is 4.90 Å². The zero-order valence-electron chi connectivity index (χ0n) is 17.4. The highest BCUT2D eigenvalue weighted by molar-refractivity contribution is 7.99. The van der Waals surface area contributed by atoms with Crippen LogP contribution in [0.5, 0.6) is 0 Å². The van der Waals surface area contributed by atoms with Gasteiger partial charge in [0.25, 0.3) is 5.91 Å². The monoisotopic (exact) mass is 431 g/mol. The maximum Gasteiger partial charge on any atom is 0.328 e. The number of methoxy groups -OCH3 is 1. The van der Waals surface area contributed by atoms with Crippen molar-refractivity contribution in [3.63, 3.8) is 0 Å². The average Bonchev–Trinajstić information content (AvgIpc) is 3.37. The van der Waals surface area contributed by atoms with Crippen molar-refractivity contribution < 1.29 is 19.1 Å². The number of thioether (sulfide) groups is 1. The largest absolute Gasteiger partial charge is 0.468 e. The molecule has 1 aromatic rings. The standard InChI is InChI=1S/C22H29N3O4S/c1-29-19(26)15-24-20(27)22(9-12-23(13-10-22)18-8-14-30-16-18)25(21(24)28)11-7-17-5-3-2-4-6-17/h2-6,18H,7-16H2,1H3. The number of rotatable bonds is 6. The molecule has 0 bridgehead atoms. The average molecular weight is 432 g/mol. The quantitative estimate of drug-likeness (QED) is 0.507. The van der Waals surface area contributed by atoms with Gasteiger partial charge in [-0.05, 0) is 37.0 Å². The molecule has 1 atom stereocenters. The first-order valence-electron chi connectivity index (χ1n) is 10.6. The Morgan fingerprint density at radius 2 is 1.93 bits per heavy atom. The lowest BCUT2D eigenvalue weighted by molar-refractivity contribution is -0.146. The van der Waals surface area contributed by atoms with Gasteiger partial charge in [-0.1, -0.05) is 30.3 Å². The third-order valence-electron chi connectivity index (χ3n) is 6.65. The molecule has 4 rings (SSSR count). The van der Waals surface area contributed by atoms with E-state index in [0.29, 0.717) is 31.8 Å². The lowest BCUT2D eigenvalue weighted by Gasteiger charge is -2.44. The first kappa shape index (κ1) is 21.2. The fraction of sp³-hybridized carbons (Fsp3) is 0.591. The minimum atomic E-state index is -0.845. The molecule has 1 spiro atoms. The number of carbonyl (C=O) groups excluding carboxylic acids is 3. The predicted octanol–water partition coefficient (Wildman–Crippen LogP) is 2.01. The number of carbonyl (C=O) groups is 3. The van der Waals surface area contributed by atoms with E-state index in [2.05, 4.69) is 4.90 Å². The Labute approximate surface area is 181 Å². The zero-order chi connectivity index (χ0) is 21.1. The van der Waals surface area contributed by atoms with Crippen LogP contribution in [0.4, 0.5) is 4.79 Å². The number of hydrogen-bond donors (Lipinski definition) is 0. The second-order valence-corrected chi connectivity index (χ2v) is 9.37. The molecule has 1 aromatic carbocycles. The van der Waals surface area contributed by atoms with E-state index in [1.807, 2.05) is 42.1 Å². The van der Waals surface area contributed by atoms with Gasteiger partial charge in [0, 0.05) is 31.4 Å². The van der Waals surface area contributed by atoms with E-state index in [9.17, 15) is 14.4 Å². The van der Waals surface area contributed by atoms with E-state index in [4.69, 9.17) is 4.74 Å². The summed E-state index contributed by atoms with van der Waals surface area (Å²) in [5.41, 5.74) is 0.280. The number of esters is 1. The molecule has 0 N–H and O–H groups in total. The van der Waals surface area contributed by atoms with Crippen LogP contribution in [0.2, 0.25) is 0 Å². The molecule has 162 valence electrons. The fourth-order valence-corrected chi connectivity index (χ4v) is 6.12. The number of amides is 3. The van der Waals surface area contributed by atoms with E-state index in [-0.39, 0.29) is 18.5 Å². The van der Waals surface area contributed by atoms with E-state index < -0.39 is 11.5 Å². The van der Waals surface area contributed by atoms with Crippen molar-refractivity contribution in [1.29, 1.82) is 0 Å². The minimum Gasteiger partial charge on any atom is -0.468 e. The first-order valence-corrected chi connectivity index (χ1v) is 11.8. The topological polar surface area (TPSA) is 70.2 Å². The Hall–Kier alpha value is -2.06. The number of benzene rings is 1. The second-order valence-electron chi connectivity index (χ2n) is 8.22. The van der Waals surface area contributed by atoms with Gasteiger partial charge in [-0.3, -0.25) is 19.4 Å². The lowest BCUT2D eigenvalue weighted by Crippen LogP contribution is -2.58. The molecule has 0 aromatic heterocycles. The van der Waals surface area contributed by atoms with Crippen molar-refractivity contribution in [1.82, 2.24) is 14.7 Å². The fourth-order valence-electron chi connectivity index (χ4n) is 4.86. The summed E-state index contributed by atoms with van der Waals surface area (Å²) in [7, 11) is 1.27. The number of imide groups is 1. The summed E-state index contributed by atoms with van der Waals surface area (Å²) < 4.78 is 4.72. The van der Waals surface area contributed by atoms with Gasteiger partial charge >= 0.3 is 12.0 Å². The maximum absolute atomic E-state index is 13.4. The van der Waals surface area contributed by atoms with Crippen LogP contribution in [0.1, 0.15) is 24.8 Å². The van der Waals surface area contributed by atoms with Crippen molar-refractivity contribution in [2.45, 2.75) is 37.3 Å². The smallest absolute Gasteiger partial charge is 0.328 e. The van der Waals surface area contributed by atoms with Crippen LogP contribution in [0, 0.1) is 0 Å². The molecule has 3 aliphatic heterocycles. The maximum atomic E-state index is 13.4. The zero-order valence-corrected chi connectivity index (χ0v) is 18.2. The molecule has 0 radical (unpaired) electrons. The normalized spacial score (nSPS) is 24.1. The molecule has 3 heterocycles.